The van der Waals surface area contributed by atoms with Crippen molar-refractivity contribution in [3.05, 3.63) is 84.3 Å². The Kier molecular flexibility index (Phi) is 6.26. The summed E-state index contributed by atoms with van der Waals surface area (Å²) in [7, 11) is 0. The maximum atomic E-state index is 12.8. The lowest BCUT2D eigenvalue weighted by atomic mass is 10.0. The molecule has 0 radical (unpaired) electrons. The quantitative estimate of drug-likeness (QED) is 0.490. The zero-order chi connectivity index (χ0) is 24.3. The van der Waals surface area contributed by atoms with Gasteiger partial charge in [-0.15, -0.1) is 0 Å². The molecule has 4 aromatic heterocycles. The summed E-state index contributed by atoms with van der Waals surface area (Å²) in [5, 5.41) is 7.12. The van der Waals surface area contributed by atoms with Crippen LogP contribution in [0.25, 0.3) is 16.8 Å². The zero-order valence-electron chi connectivity index (χ0n) is 17.6. The number of pyridine rings is 3. The highest BCUT2D eigenvalue weighted by molar-refractivity contribution is 5.98. The molecule has 5 rings (SSSR count). The summed E-state index contributed by atoms with van der Waals surface area (Å²) in [4.78, 5) is 36.7. The van der Waals surface area contributed by atoms with Gasteiger partial charge in [0.25, 0.3) is 5.91 Å². The molecule has 0 unspecified atom stereocenters. The summed E-state index contributed by atoms with van der Waals surface area (Å²) in [6.07, 6.45) is 4.89. The molecule has 1 aliphatic rings. The van der Waals surface area contributed by atoms with Gasteiger partial charge in [0.1, 0.15) is 11.3 Å². The zero-order valence-corrected chi connectivity index (χ0v) is 17.6. The summed E-state index contributed by atoms with van der Waals surface area (Å²) in [6, 6.07) is 11.8. The van der Waals surface area contributed by atoms with E-state index >= 15 is 0 Å². The first-order chi connectivity index (χ1) is 16.2. The van der Waals surface area contributed by atoms with Crippen molar-refractivity contribution in [1.29, 1.82) is 0 Å². The third kappa shape index (κ3) is 4.87. The van der Waals surface area contributed by atoms with Gasteiger partial charge in [0.05, 0.1) is 5.69 Å². The summed E-state index contributed by atoms with van der Waals surface area (Å²) in [5.41, 5.74) is 5.45. The Morgan fingerprint density at radius 3 is 2.59 bits per heavy atom. The number of carboxylic acid groups (broad SMARTS) is 1. The number of hydrogen-bond donors (Lipinski definition) is 1. The predicted molar refractivity (Wildman–Crippen MR) is 115 cm³/mol. The third-order valence-electron chi connectivity index (χ3n) is 5.16. The van der Waals surface area contributed by atoms with Crippen LogP contribution in [0.3, 0.4) is 0 Å². The number of hydrogen-bond acceptors (Lipinski definition) is 5. The van der Waals surface area contributed by atoms with Crippen LogP contribution in [0, 0.1) is 0 Å². The van der Waals surface area contributed by atoms with Crippen molar-refractivity contribution >= 4 is 17.5 Å². The molecule has 1 amide bonds. The standard InChI is InChI=1S/C21H17N5O.C2HF3O2/c27-21-20-18(17(6-9-23-20)15-4-3-8-22-12-15)14-26(21)11-7-16-13-25-10-2-1-5-19(25)24-16;3-2(4,5)1(6)7/h1-6,8-10,12-13H,7,11,14H2;(H,6,7). The number of carbonyl (C=O) groups excluding carboxylic acids is 1. The summed E-state index contributed by atoms with van der Waals surface area (Å²) < 4.78 is 33.7. The SMILES string of the molecule is O=C(O)C(F)(F)F.O=C1c2nccc(-c3cccnc3)c2CN1CCc1cn2ccccc2n1. The molecule has 174 valence electrons. The number of aliphatic carboxylic acids is 1. The van der Waals surface area contributed by atoms with Crippen LogP contribution in [0.1, 0.15) is 21.7 Å². The number of amides is 1. The molecular formula is C23H18F3N5O3. The van der Waals surface area contributed by atoms with Crippen LogP contribution in [-0.2, 0) is 17.8 Å². The van der Waals surface area contributed by atoms with Gasteiger partial charge in [0, 0.05) is 61.6 Å². The predicted octanol–water partition coefficient (Wildman–Crippen LogP) is 3.62. The molecule has 0 bridgehead atoms. The van der Waals surface area contributed by atoms with E-state index in [1.165, 1.54) is 0 Å². The van der Waals surface area contributed by atoms with E-state index in [-0.39, 0.29) is 5.91 Å². The number of fused-ring (bicyclic) bond motifs is 2. The van der Waals surface area contributed by atoms with Crippen molar-refractivity contribution in [1.82, 2.24) is 24.3 Å². The Balaban J connectivity index is 0.000000344. The Morgan fingerprint density at radius 1 is 1.12 bits per heavy atom. The highest BCUT2D eigenvalue weighted by Crippen LogP contribution is 2.31. The smallest absolute Gasteiger partial charge is 0.475 e. The van der Waals surface area contributed by atoms with Gasteiger partial charge in [0.15, 0.2) is 0 Å². The van der Waals surface area contributed by atoms with Crippen LogP contribution in [0.15, 0.2) is 67.4 Å². The molecule has 34 heavy (non-hydrogen) atoms. The number of imidazole rings is 1. The molecule has 0 atom stereocenters. The van der Waals surface area contributed by atoms with Gasteiger partial charge in [-0.25, -0.2) is 9.78 Å². The first-order valence-electron chi connectivity index (χ1n) is 10.1. The summed E-state index contributed by atoms with van der Waals surface area (Å²) in [6.45, 7) is 1.19. The van der Waals surface area contributed by atoms with Crippen LogP contribution >= 0.6 is 0 Å². The maximum absolute atomic E-state index is 12.8. The van der Waals surface area contributed by atoms with Gasteiger partial charge in [-0.3, -0.25) is 14.8 Å². The van der Waals surface area contributed by atoms with Crippen molar-refractivity contribution in [3.63, 3.8) is 0 Å². The van der Waals surface area contributed by atoms with Crippen molar-refractivity contribution in [2.75, 3.05) is 6.54 Å². The van der Waals surface area contributed by atoms with Crippen LogP contribution in [0.2, 0.25) is 0 Å². The number of halogens is 3. The molecule has 5 heterocycles. The number of carboxylic acids is 1. The van der Waals surface area contributed by atoms with Gasteiger partial charge in [-0.05, 0) is 29.8 Å². The van der Waals surface area contributed by atoms with E-state index in [1.54, 1.807) is 12.4 Å². The van der Waals surface area contributed by atoms with Gasteiger partial charge >= 0.3 is 12.1 Å². The first-order valence-corrected chi connectivity index (χ1v) is 10.1. The lowest BCUT2D eigenvalue weighted by Crippen LogP contribution is -2.26. The molecule has 1 N–H and O–H groups in total. The van der Waals surface area contributed by atoms with Crippen LogP contribution in [-0.4, -0.2) is 54.0 Å². The fourth-order valence-corrected chi connectivity index (χ4v) is 3.58. The molecule has 1 aliphatic heterocycles. The van der Waals surface area contributed by atoms with Crippen LogP contribution < -0.4 is 0 Å². The molecule has 0 fully saturated rings. The number of nitrogens with zero attached hydrogens (tertiary/aromatic N) is 5. The molecule has 0 spiro atoms. The molecular weight excluding hydrogens is 451 g/mol. The topological polar surface area (TPSA) is 101 Å². The maximum Gasteiger partial charge on any atom is 0.490 e. The average molecular weight is 469 g/mol. The van der Waals surface area contributed by atoms with Crippen molar-refractivity contribution in [2.24, 2.45) is 0 Å². The minimum atomic E-state index is -5.08. The fraction of sp³-hybridized carbons (Fsp3) is 0.174. The van der Waals surface area contributed by atoms with Gasteiger partial charge in [0.2, 0.25) is 0 Å². The van der Waals surface area contributed by atoms with Gasteiger partial charge in [-0.2, -0.15) is 13.2 Å². The Hall–Kier alpha value is -4.28. The second-order valence-electron chi connectivity index (χ2n) is 7.41. The number of carbonyl (C=O) groups is 2. The monoisotopic (exact) mass is 469 g/mol. The number of aromatic nitrogens is 4. The van der Waals surface area contributed by atoms with E-state index < -0.39 is 12.1 Å². The Labute approximate surface area is 191 Å². The average Bonchev–Trinajstić information content (AvgIpc) is 3.38. The van der Waals surface area contributed by atoms with Crippen molar-refractivity contribution in [2.45, 2.75) is 19.1 Å². The van der Waals surface area contributed by atoms with Gasteiger partial charge < -0.3 is 14.4 Å². The fourth-order valence-electron chi connectivity index (χ4n) is 3.58. The molecule has 4 aromatic rings. The summed E-state index contributed by atoms with van der Waals surface area (Å²) >= 11 is 0. The second kappa shape index (κ2) is 9.30. The molecule has 11 heteroatoms. The van der Waals surface area contributed by atoms with E-state index in [1.807, 2.05) is 64.3 Å². The Bertz CT molecular complexity index is 1310. The molecule has 0 saturated carbocycles. The first kappa shape index (κ1) is 22.9. The molecule has 8 nitrogen and oxygen atoms in total. The number of rotatable bonds is 4. The highest BCUT2D eigenvalue weighted by Gasteiger charge is 2.38. The number of alkyl halides is 3. The lowest BCUT2D eigenvalue weighted by molar-refractivity contribution is -0.192. The van der Waals surface area contributed by atoms with E-state index in [4.69, 9.17) is 9.90 Å². The highest BCUT2D eigenvalue weighted by atomic mass is 19.4. The van der Waals surface area contributed by atoms with Crippen molar-refractivity contribution < 1.29 is 27.9 Å². The van der Waals surface area contributed by atoms with E-state index in [9.17, 15) is 18.0 Å². The van der Waals surface area contributed by atoms with E-state index in [0.717, 1.165) is 28.0 Å². The Morgan fingerprint density at radius 2 is 1.91 bits per heavy atom. The van der Waals surface area contributed by atoms with Crippen LogP contribution in [0.5, 0.6) is 0 Å². The van der Waals surface area contributed by atoms with Crippen molar-refractivity contribution in [3.8, 4) is 11.1 Å². The molecule has 0 aliphatic carbocycles. The molecule has 0 saturated heterocycles. The second-order valence-corrected chi connectivity index (χ2v) is 7.41. The summed E-state index contributed by atoms with van der Waals surface area (Å²) in [5.74, 6) is -2.77. The normalized spacial score (nSPS) is 12.9. The minimum absolute atomic E-state index is 0.0143. The molecule has 0 aromatic carbocycles. The largest absolute Gasteiger partial charge is 0.490 e. The minimum Gasteiger partial charge on any atom is -0.475 e. The third-order valence-corrected chi connectivity index (χ3v) is 5.16. The van der Waals surface area contributed by atoms with Crippen LogP contribution in [0.4, 0.5) is 13.2 Å². The van der Waals surface area contributed by atoms with Gasteiger partial charge in [-0.1, -0.05) is 12.1 Å². The van der Waals surface area contributed by atoms with E-state index in [2.05, 4.69) is 15.0 Å². The van der Waals surface area contributed by atoms with E-state index in [0.29, 0.717) is 25.2 Å². The lowest BCUT2D eigenvalue weighted by Gasteiger charge is -2.14.